The fourth-order valence-electron chi connectivity index (χ4n) is 3.77. The molecule has 2 aromatic rings. The normalized spacial score (nSPS) is 13.5. The number of amides is 2. The summed E-state index contributed by atoms with van der Waals surface area (Å²) in [5.41, 5.74) is -1.05. The van der Waals surface area contributed by atoms with Crippen LogP contribution in [0.4, 0.5) is 8.78 Å². The van der Waals surface area contributed by atoms with Crippen molar-refractivity contribution < 1.29 is 28.2 Å². The molecule has 0 saturated heterocycles. The van der Waals surface area contributed by atoms with Crippen molar-refractivity contribution >= 4 is 11.8 Å². The van der Waals surface area contributed by atoms with E-state index in [-0.39, 0.29) is 36.0 Å². The van der Waals surface area contributed by atoms with Gasteiger partial charge in [-0.1, -0.05) is 6.07 Å². The molecular weight excluding hydrogens is 424 g/mol. The Morgan fingerprint density at radius 2 is 2.06 bits per heavy atom. The van der Waals surface area contributed by atoms with Gasteiger partial charge in [0.05, 0.1) is 6.10 Å². The van der Waals surface area contributed by atoms with Gasteiger partial charge in [0.1, 0.15) is 17.2 Å². The maximum atomic E-state index is 13.9. The lowest BCUT2D eigenvalue weighted by molar-refractivity contribution is 0.0587. The second-order valence-corrected chi connectivity index (χ2v) is 7.75. The molecule has 10 heteroatoms. The van der Waals surface area contributed by atoms with Crippen LogP contribution in [0.2, 0.25) is 0 Å². The number of aromatic nitrogens is 1. The standard InChI is InChI=1S/C22H25F2N3O5/c1-12(32-3)11-26(2)22(31)18-20(29)19(28)17(16-5-4-8-27(16)18)21(30)25-10-13-6-7-14(23)9-15(13)24/h6-7,9,12,29H,4-5,8,10-11H2,1-3H3,(H,25,30). The Balaban J connectivity index is 1.93. The molecule has 0 aliphatic carbocycles. The van der Waals surface area contributed by atoms with Crippen LogP contribution in [0.5, 0.6) is 5.75 Å². The van der Waals surface area contributed by atoms with Crippen molar-refractivity contribution in [2.45, 2.75) is 39.0 Å². The molecule has 32 heavy (non-hydrogen) atoms. The number of hydrogen-bond donors (Lipinski definition) is 2. The Bertz CT molecular complexity index is 1120. The Kier molecular flexibility index (Phi) is 6.93. The van der Waals surface area contributed by atoms with Gasteiger partial charge in [-0.3, -0.25) is 14.4 Å². The first kappa shape index (κ1) is 23.4. The minimum atomic E-state index is -0.966. The van der Waals surface area contributed by atoms with Crippen molar-refractivity contribution in [3.05, 3.63) is 62.6 Å². The quantitative estimate of drug-likeness (QED) is 0.672. The summed E-state index contributed by atoms with van der Waals surface area (Å²) in [5, 5.41) is 13.0. The molecule has 1 atom stereocenters. The van der Waals surface area contributed by atoms with Crippen LogP contribution in [0.1, 0.15) is 45.4 Å². The van der Waals surface area contributed by atoms with E-state index < -0.39 is 34.6 Å². The van der Waals surface area contributed by atoms with E-state index in [0.717, 1.165) is 6.07 Å². The van der Waals surface area contributed by atoms with Crippen LogP contribution in [0, 0.1) is 11.6 Å². The lowest BCUT2D eigenvalue weighted by atomic mass is 10.1. The number of methoxy groups -OCH3 is 1. The molecule has 1 aromatic heterocycles. The minimum absolute atomic E-state index is 0.0430. The van der Waals surface area contributed by atoms with Gasteiger partial charge >= 0.3 is 0 Å². The molecule has 1 aliphatic rings. The summed E-state index contributed by atoms with van der Waals surface area (Å²) in [6.07, 6.45) is 0.684. The SMILES string of the molecule is COC(C)CN(C)C(=O)c1c(O)c(=O)c(C(=O)NCc2ccc(F)cc2F)c2n1CCC2. The van der Waals surface area contributed by atoms with Crippen LogP contribution >= 0.6 is 0 Å². The minimum Gasteiger partial charge on any atom is -0.503 e. The second kappa shape index (κ2) is 9.47. The van der Waals surface area contributed by atoms with Gasteiger partial charge in [0.25, 0.3) is 11.8 Å². The summed E-state index contributed by atoms with van der Waals surface area (Å²) in [7, 11) is 3.04. The van der Waals surface area contributed by atoms with Crippen molar-refractivity contribution in [2.24, 2.45) is 0 Å². The van der Waals surface area contributed by atoms with Crippen LogP contribution in [0.15, 0.2) is 23.0 Å². The Morgan fingerprint density at radius 3 is 2.72 bits per heavy atom. The van der Waals surface area contributed by atoms with Crippen molar-refractivity contribution in [1.82, 2.24) is 14.8 Å². The highest BCUT2D eigenvalue weighted by Crippen LogP contribution is 2.26. The fourth-order valence-corrected chi connectivity index (χ4v) is 3.77. The van der Waals surface area contributed by atoms with Gasteiger partial charge in [-0.05, 0) is 25.8 Å². The lowest BCUT2D eigenvalue weighted by Gasteiger charge is -2.23. The average Bonchev–Trinajstić information content (AvgIpc) is 3.22. The topological polar surface area (TPSA) is 101 Å². The smallest absolute Gasteiger partial charge is 0.274 e. The van der Waals surface area contributed by atoms with E-state index in [1.165, 1.54) is 29.7 Å². The molecule has 2 heterocycles. The summed E-state index contributed by atoms with van der Waals surface area (Å²) in [6, 6.07) is 2.95. The summed E-state index contributed by atoms with van der Waals surface area (Å²) in [6.45, 7) is 2.09. The first-order chi connectivity index (χ1) is 15.1. The monoisotopic (exact) mass is 449 g/mol. The molecule has 1 aromatic carbocycles. The molecule has 0 bridgehead atoms. The molecule has 0 spiro atoms. The number of benzene rings is 1. The maximum absolute atomic E-state index is 13.9. The lowest BCUT2D eigenvalue weighted by Crippen LogP contribution is -2.38. The number of aromatic hydroxyl groups is 1. The van der Waals surface area contributed by atoms with Gasteiger partial charge in [0.2, 0.25) is 5.43 Å². The van der Waals surface area contributed by atoms with E-state index in [9.17, 15) is 28.3 Å². The van der Waals surface area contributed by atoms with Gasteiger partial charge in [-0.25, -0.2) is 8.78 Å². The van der Waals surface area contributed by atoms with Crippen LogP contribution < -0.4 is 10.7 Å². The first-order valence-electron chi connectivity index (χ1n) is 10.1. The van der Waals surface area contributed by atoms with Gasteiger partial charge < -0.3 is 24.6 Å². The summed E-state index contributed by atoms with van der Waals surface area (Å²) in [5.74, 6) is -3.75. The summed E-state index contributed by atoms with van der Waals surface area (Å²) < 4.78 is 33.6. The van der Waals surface area contributed by atoms with Crippen LogP contribution in [0.3, 0.4) is 0 Å². The zero-order valence-electron chi connectivity index (χ0n) is 18.1. The van der Waals surface area contributed by atoms with Crippen LogP contribution in [0.25, 0.3) is 0 Å². The zero-order chi connectivity index (χ0) is 23.6. The molecule has 1 unspecified atom stereocenters. The van der Waals surface area contributed by atoms with Crippen molar-refractivity contribution in [3.8, 4) is 5.75 Å². The maximum Gasteiger partial charge on any atom is 0.274 e. The van der Waals surface area contributed by atoms with Gasteiger partial charge in [-0.15, -0.1) is 0 Å². The van der Waals surface area contributed by atoms with E-state index in [1.807, 2.05) is 0 Å². The molecule has 1 aliphatic heterocycles. The van der Waals surface area contributed by atoms with Crippen molar-refractivity contribution in [1.29, 1.82) is 0 Å². The largest absolute Gasteiger partial charge is 0.503 e. The number of halogens is 2. The molecule has 0 fully saturated rings. The molecule has 0 radical (unpaired) electrons. The van der Waals surface area contributed by atoms with E-state index in [4.69, 9.17) is 4.74 Å². The highest BCUT2D eigenvalue weighted by Gasteiger charge is 2.32. The summed E-state index contributed by atoms with van der Waals surface area (Å²) >= 11 is 0. The highest BCUT2D eigenvalue weighted by atomic mass is 19.1. The molecule has 2 amide bonds. The predicted octanol–water partition coefficient (Wildman–Crippen LogP) is 1.82. The van der Waals surface area contributed by atoms with E-state index in [0.29, 0.717) is 31.1 Å². The third-order valence-corrected chi connectivity index (χ3v) is 5.51. The number of ether oxygens (including phenoxy) is 1. The van der Waals surface area contributed by atoms with Gasteiger partial charge in [0.15, 0.2) is 11.4 Å². The van der Waals surface area contributed by atoms with E-state index in [2.05, 4.69) is 5.32 Å². The van der Waals surface area contributed by atoms with Gasteiger partial charge in [0, 0.05) is 51.1 Å². The Labute approximate surface area is 183 Å². The zero-order valence-corrected chi connectivity index (χ0v) is 18.1. The Morgan fingerprint density at radius 1 is 1.34 bits per heavy atom. The fraction of sp³-hybridized carbons (Fsp3) is 0.409. The number of likely N-dealkylation sites (N-methyl/N-ethyl adjacent to an activating group) is 1. The molecular formula is C22H25F2N3O5. The van der Waals surface area contributed by atoms with Crippen molar-refractivity contribution in [3.63, 3.8) is 0 Å². The van der Waals surface area contributed by atoms with Crippen LogP contribution in [-0.2, 0) is 24.2 Å². The number of fused-ring (bicyclic) bond motifs is 1. The number of carbonyl (C=O) groups is 2. The number of nitrogens with zero attached hydrogens (tertiary/aromatic N) is 2. The second-order valence-electron chi connectivity index (χ2n) is 7.75. The van der Waals surface area contributed by atoms with Gasteiger partial charge in [-0.2, -0.15) is 0 Å². The number of carbonyl (C=O) groups excluding carboxylic acids is 2. The molecule has 3 rings (SSSR count). The molecule has 2 N–H and O–H groups in total. The number of hydrogen-bond acceptors (Lipinski definition) is 5. The number of rotatable bonds is 7. The molecule has 0 saturated carbocycles. The Hall–Kier alpha value is -3.27. The van der Waals surface area contributed by atoms with E-state index >= 15 is 0 Å². The van der Waals surface area contributed by atoms with Crippen LogP contribution in [-0.4, -0.2) is 53.2 Å². The summed E-state index contributed by atoms with van der Waals surface area (Å²) in [4.78, 5) is 40.0. The number of nitrogens with one attached hydrogen (secondary N) is 1. The molecule has 8 nitrogen and oxygen atoms in total. The first-order valence-corrected chi connectivity index (χ1v) is 10.1. The molecule has 172 valence electrons. The predicted molar refractivity (Wildman–Crippen MR) is 112 cm³/mol. The average molecular weight is 449 g/mol. The number of pyridine rings is 1. The third-order valence-electron chi connectivity index (χ3n) is 5.51. The van der Waals surface area contributed by atoms with E-state index in [1.54, 1.807) is 6.92 Å². The van der Waals surface area contributed by atoms with Crippen molar-refractivity contribution in [2.75, 3.05) is 20.7 Å². The highest BCUT2D eigenvalue weighted by molar-refractivity contribution is 5.99. The third kappa shape index (κ3) is 4.50.